The molecule has 3 heterocycles. The Kier molecular flexibility index (Phi) is 8.18. The van der Waals surface area contributed by atoms with Gasteiger partial charge in [-0.2, -0.15) is 9.97 Å². The Balaban J connectivity index is 1.16. The van der Waals surface area contributed by atoms with Crippen molar-refractivity contribution in [3.05, 3.63) is 223 Å². The molecule has 3 aromatic heterocycles. The molecule has 0 saturated carbocycles. The third kappa shape index (κ3) is 5.62. The first-order chi connectivity index (χ1) is 32.0. The van der Waals surface area contributed by atoms with Crippen molar-refractivity contribution in [3.8, 4) is 67.8 Å². The Morgan fingerprint density at radius 3 is 1.45 bits per heavy atom. The Morgan fingerprint density at radius 1 is 0.338 bits per heavy atom. The van der Waals surface area contributed by atoms with E-state index in [-0.39, 0.29) is 5.41 Å². The highest BCUT2D eigenvalue weighted by Crippen LogP contribution is 2.50. The number of rotatable bonds is 6. The topological polar surface area (TPSA) is 48.5 Å². The molecule has 5 heteroatoms. The molecule has 5 nitrogen and oxygen atoms in total. The van der Waals surface area contributed by atoms with Gasteiger partial charge in [0.15, 0.2) is 11.6 Å². The second-order valence-electron chi connectivity index (χ2n) is 17.6. The smallest absolute Gasteiger partial charge is 0.238 e. The van der Waals surface area contributed by atoms with E-state index in [4.69, 9.17) is 15.0 Å². The molecule has 0 N–H and O–H groups in total. The van der Waals surface area contributed by atoms with E-state index in [0.29, 0.717) is 17.6 Å². The van der Waals surface area contributed by atoms with Gasteiger partial charge in [-0.15, -0.1) is 0 Å². The summed E-state index contributed by atoms with van der Waals surface area (Å²) in [5.74, 6) is 1.81. The molecular weight excluding hydrogens is 791 g/mol. The van der Waals surface area contributed by atoms with Crippen LogP contribution in [0.4, 0.5) is 0 Å². The predicted molar refractivity (Wildman–Crippen MR) is 268 cm³/mol. The summed E-state index contributed by atoms with van der Waals surface area (Å²) in [4.78, 5) is 16.2. The van der Waals surface area contributed by atoms with Crippen LogP contribution in [-0.4, -0.2) is 24.1 Å². The summed E-state index contributed by atoms with van der Waals surface area (Å²) in [7, 11) is 0. The molecule has 0 fully saturated rings. The third-order valence-electron chi connectivity index (χ3n) is 13.6. The minimum atomic E-state index is -0.180. The van der Waals surface area contributed by atoms with Gasteiger partial charge in [0, 0.05) is 49.2 Å². The fourth-order valence-electron chi connectivity index (χ4n) is 10.6. The number of benzene rings is 9. The third-order valence-corrected chi connectivity index (χ3v) is 13.6. The molecule has 12 aromatic rings. The lowest BCUT2D eigenvalue weighted by atomic mass is 9.82. The molecule has 0 amide bonds. The van der Waals surface area contributed by atoms with E-state index in [1.807, 2.05) is 18.2 Å². The van der Waals surface area contributed by atoms with E-state index in [0.717, 1.165) is 77.3 Å². The summed E-state index contributed by atoms with van der Waals surface area (Å²) in [6, 6.07) is 76.1. The van der Waals surface area contributed by atoms with Gasteiger partial charge in [0.05, 0.1) is 27.8 Å². The van der Waals surface area contributed by atoms with Crippen LogP contribution in [0.2, 0.25) is 0 Å². The number of fused-ring (bicyclic) bond motifs is 10. The average Bonchev–Trinajstić information content (AvgIpc) is 3.97. The van der Waals surface area contributed by atoms with Gasteiger partial charge >= 0.3 is 0 Å². The first kappa shape index (κ1) is 37.2. The Labute approximate surface area is 376 Å². The number of nitrogens with zero attached hydrogens (tertiary/aromatic N) is 5. The van der Waals surface area contributed by atoms with Crippen LogP contribution in [-0.2, 0) is 5.41 Å². The first-order valence-electron chi connectivity index (χ1n) is 22.3. The van der Waals surface area contributed by atoms with Gasteiger partial charge in [-0.3, -0.25) is 4.57 Å². The van der Waals surface area contributed by atoms with Crippen LogP contribution in [0.3, 0.4) is 0 Å². The van der Waals surface area contributed by atoms with Crippen molar-refractivity contribution in [1.82, 2.24) is 24.1 Å². The van der Waals surface area contributed by atoms with Crippen molar-refractivity contribution in [2.75, 3.05) is 0 Å². The highest BCUT2D eigenvalue weighted by Gasteiger charge is 2.35. The summed E-state index contributed by atoms with van der Waals surface area (Å²) >= 11 is 0. The zero-order valence-corrected chi connectivity index (χ0v) is 35.9. The minimum absolute atomic E-state index is 0.180. The van der Waals surface area contributed by atoms with Gasteiger partial charge in [-0.1, -0.05) is 208 Å². The molecule has 0 atom stereocenters. The standard InChI is InChI=1S/C60H41N5/c1-60(2)50-30-15-12-25-44(50)45-34-33-41(37-51(45)60)58-61-57(40-23-10-5-11-24-40)62-59(63-58)65-53-32-17-14-27-47(53)49-36-35-48-46-26-13-16-31-52(46)64(55(48)56(49)65)54-42(38-19-6-3-7-20-38)28-18-29-43(54)39-21-8-4-9-22-39/h3-37H,1-2H3. The molecular formula is C60H41N5. The van der Waals surface area contributed by atoms with Gasteiger partial charge in [0.1, 0.15) is 0 Å². The average molecular weight is 832 g/mol. The van der Waals surface area contributed by atoms with E-state index in [9.17, 15) is 0 Å². The van der Waals surface area contributed by atoms with E-state index in [1.165, 1.54) is 27.6 Å². The second-order valence-corrected chi connectivity index (χ2v) is 17.6. The maximum Gasteiger partial charge on any atom is 0.238 e. The lowest BCUT2D eigenvalue weighted by molar-refractivity contribution is 0.660. The highest BCUT2D eigenvalue weighted by molar-refractivity contribution is 6.24. The number of aromatic nitrogens is 5. The molecule has 0 unspecified atom stereocenters. The van der Waals surface area contributed by atoms with Crippen LogP contribution in [0.25, 0.3) is 111 Å². The first-order valence-corrected chi connectivity index (χ1v) is 22.3. The van der Waals surface area contributed by atoms with Gasteiger partial charge in [-0.05, 0) is 51.6 Å². The monoisotopic (exact) mass is 831 g/mol. The fraction of sp³-hybridized carbons (Fsp3) is 0.0500. The Hall–Kier alpha value is -8.41. The van der Waals surface area contributed by atoms with Crippen molar-refractivity contribution in [2.45, 2.75) is 19.3 Å². The van der Waals surface area contributed by atoms with Crippen LogP contribution in [0.5, 0.6) is 0 Å². The second kappa shape index (κ2) is 14.3. The van der Waals surface area contributed by atoms with Crippen LogP contribution in [0.1, 0.15) is 25.0 Å². The molecule has 0 radical (unpaired) electrons. The molecule has 0 bridgehead atoms. The SMILES string of the molecule is CC1(C)c2ccccc2-c2ccc(-c3nc(-c4ccccc4)nc(-n4c5ccccc5c5ccc6c7ccccc7n(-c7c(-c8ccccc8)cccc7-c7ccccc7)c6c54)n3)cc21. The van der Waals surface area contributed by atoms with Gasteiger partial charge in [0.2, 0.25) is 5.95 Å². The number of para-hydroxylation sites is 3. The van der Waals surface area contributed by atoms with Gasteiger partial charge in [0.25, 0.3) is 0 Å². The van der Waals surface area contributed by atoms with Crippen LogP contribution >= 0.6 is 0 Å². The summed E-state index contributed by atoms with van der Waals surface area (Å²) in [6.45, 7) is 4.63. The number of hydrogen-bond acceptors (Lipinski definition) is 3. The van der Waals surface area contributed by atoms with Crippen molar-refractivity contribution in [3.63, 3.8) is 0 Å². The predicted octanol–water partition coefficient (Wildman–Crippen LogP) is 15.0. The molecule has 9 aromatic carbocycles. The zero-order chi connectivity index (χ0) is 43.2. The van der Waals surface area contributed by atoms with E-state index >= 15 is 0 Å². The maximum atomic E-state index is 5.52. The van der Waals surface area contributed by atoms with Crippen molar-refractivity contribution in [1.29, 1.82) is 0 Å². The van der Waals surface area contributed by atoms with Crippen LogP contribution in [0, 0.1) is 0 Å². The minimum Gasteiger partial charge on any atom is -0.306 e. The van der Waals surface area contributed by atoms with Crippen LogP contribution in [0.15, 0.2) is 212 Å². The molecule has 306 valence electrons. The maximum absolute atomic E-state index is 5.52. The molecule has 1 aliphatic carbocycles. The summed E-state index contributed by atoms with van der Waals surface area (Å²) < 4.78 is 4.80. The van der Waals surface area contributed by atoms with Gasteiger partial charge in [-0.25, -0.2) is 4.98 Å². The van der Waals surface area contributed by atoms with Crippen molar-refractivity contribution in [2.24, 2.45) is 0 Å². The van der Waals surface area contributed by atoms with E-state index in [1.54, 1.807) is 0 Å². The molecule has 0 saturated heterocycles. The number of hydrogen-bond donors (Lipinski definition) is 0. The summed E-state index contributed by atoms with van der Waals surface area (Å²) in [6.07, 6.45) is 0. The largest absolute Gasteiger partial charge is 0.306 e. The Bertz CT molecular complexity index is 3790. The lowest BCUT2D eigenvalue weighted by Crippen LogP contribution is -2.15. The van der Waals surface area contributed by atoms with Crippen molar-refractivity contribution >= 4 is 43.6 Å². The Morgan fingerprint density at radius 2 is 0.815 bits per heavy atom. The van der Waals surface area contributed by atoms with Crippen molar-refractivity contribution < 1.29 is 0 Å². The molecule has 13 rings (SSSR count). The van der Waals surface area contributed by atoms with Gasteiger partial charge < -0.3 is 4.57 Å². The molecule has 0 spiro atoms. The molecule has 65 heavy (non-hydrogen) atoms. The van der Waals surface area contributed by atoms with E-state index in [2.05, 4.69) is 217 Å². The molecule has 1 aliphatic rings. The summed E-state index contributed by atoms with van der Waals surface area (Å²) in [5.41, 5.74) is 16.8. The fourth-order valence-corrected chi connectivity index (χ4v) is 10.6. The quantitative estimate of drug-likeness (QED) is 0.168. The normalized spacial score (nSPS) is 12.9. The highest BCUT2D eigenvalue weighted by atomic mass is 15.2. The molecule has 0 aliphatic heterocycles. The van der Waals surface area contributed by atoms with E-state index < -0.39 is 0 Å². The lowest BCUT2D eigenvalue weighted by Gasteiger charge is -2.22. The van der Waals surface area contributed by atoms with Crippen LogP contribution < -0.4 is 0 Å². The zero-order valence-electron chi connectivity index (χ0n) is 35.9. The summed E-state index contributed by atoms with van der Waals surface area (Å²) in [5, 5.41) is 4.57.